The molecule has 1 heterocycles. The number of halogens is 1. The van der Waals surface area contributed by atoms with Gasteiger partial charge in [-0.1, -0.05) is 25.4 Å². The van der Waals surface area contributed by atoms with Crippen LogP contribution in [-0.4, -0.2) is 12.2 Å². The van der Waals surface area contributed by atoms with Gasteiger partial charge in [-0.2, -0.15) is 0 Å². The summed E-state index contributed by atoms with van der Waals surface area (Å²) in [6, 6.07) is 3.97. The minimum absolute atomic E-state index is 0.310. The lowest BCUT2D eigenvalue weighted by Gasteiger charge is -2.33. The summed E-state index contributed by atoms with van der Waals surface area (Å²) in [4.78, 5) is 0. The van der Waals surface area contributed by atoms with Gasteiger partial charge in [-0.25, -0.2) is 0 Å². The molecule has 3 heteroatoms. The summed E-state index contributed by atoms with van der Waals surface area (Å²) >= 11 is 6.21. The molecule has 0 saturated heterocycles. The Labute approximate surface area is 102 Å². The van der Waals surface area contributed by atoms with Crippen LogP contribution in [0.4, 0.5) is 0 Å². The first-order valence-corrected chi connectivity index (χ1v) is 5.92. The van der Waals surface area contributed by atoms with Crippen molar-refractivity contribution in [2.75, 3.05) is 6.61 Å². The molecule has 88 valence electrons. The van der Waals surface area contributed by atoms with Crippen molar-refractivity contribution in [1.82, 2.24) is 0 Å². The third-order valence-electron chi connectivity index (χ3n) is 2.65. The van der Waals surface area contributed by atoms with Crippen molar-refractivity contribution in [3.8, 4) is 11.5 Å². The molecule has 0 amide bonds. The van der Waals surface area contributed by atoms with Crippen LogP contribution in [0.15, 0.2) is 12.1 Å². The van der Waals surface area contributed by atoms with Crippen LogP contribution in [0.3, 0.4) is 0 Å². The van der Waals surface area contributed by atoms with E-state index in [9.17, 15) is 0 Å². The summed E-state index contributed by atoms with van der Waals surface area (Å²) in [5.41, 5.74) is 0.864. The number of ether oxygens (including phenoxy) is 2. The lowest BCUT2D eigenvalue weighted by atomic mass is 10.0. The van der Waals surface area contributed by atoms with E-state index in [1.807, 2.05) is 26.0 Å². The highest BCUT2D eigenvalue weighted by Crippen LogP contribution is 2.42. The summed E-state index contributed by atoms with van der Waals surface area (Å²) in [5, 5.41) is 0.633. The molecule has 1 aliphatic heterocycles. The molecule has 0 N–H and O–H groups in total. The molecule has 0 fully saturated rings. The van der Waals surface area contributed by atoms with Gasteiger partial charge in [-0.05, 0) is 37.5 Å². The van der Waals surface area contributed by atoms with Crippen LogP contribution in [0.1, 0.15) is 39.2 Å². The fourth-order valence-corrected chi connectivity index (χ4v) is 1.94. The summed E-state index contributed by atoms with van der Waals surface area (Å²) in [6.07, 6.45) is 0. The van der Waals surface area contributed by atoms with Crippen LogP contribution in [0.2, 0.25) is 5.02 Å². The normalized spacial score (nSPS) is 17.6. The highest BCUT2D eigenvalue weighted by Gasteiger charge is 2.30. The van der Waals surface area contributed by atoms with Crippen molar-refractivity contribution in [3.05, 3.63) is 22.7 Å². The molecular formula is C13H17ClO2. The van der Waals surface area contributed by atoms with Crippen LogP contribution in [0.5, 0.6) is 11.5 Å². The zero-order valence-corrected chi connectivity index (χ0v) is 10.9. The standard InChI is InChI=1S/C13H17ClO2/c1-8(2)9-5-10(14)12-11(6-9)15-7-13(3,4)16-12/h5-6,8H,7H2,1-4H3. The van der Waals surface area contributed by atoms with Gasteiger partial charge < -0.3 is 9.47 Å². The molecule has 0 spiro atoms. The van der Waals surface area contributed by atoms with Crippen LogP contribution < -0.4 is 9.47 Å². The third kappa shape index (κ3) is 2.12. The first kappa shape index (κ1) is 11.6. The molecule has 2 rings (SSSR count). The van der Waals surface area contributed by atoms with Crippen LogP contribution >= 0.6 is 11.6 Å². The van der Waals surface area contributed by atoms with E-state index in [4.69, 9.17) is 21.1 Å². The highest BCUT2D eigenvalue weighted by molar-refractivity contribution is 6.32. The van der Waals surface area contributed by atoms with E-state index in [1.165, 1.54) is 5.56 Å². The number of benzene rings is 1. The average molecular weight is 241 g/mol. The smallest absolute Gasteiger partial charge is 0.180 e. The third-order valence-corrected chi connectivity index (χ3v) is 2.93. The van der Waals surface area contributed by atoms with Gasteiger partial charge in [-0.3, -0.25) is 0 Å². The van der Waals surface area contributed by atoms with Crippen LogP contribution in [-0.2, 0) is 0 Å². The van der Waals surface area contributed by atoms with Gasteiger partial charge in [0, 0.05) is 0 Å². The summed E-state index contributed by atoms with van der Waals surface area (Å²) in [7, 11) is 0. The van der Waals surface area contributed by atoms with Crippen LogP contribution in [0, 0.1) is 0 Å². The molecule has 1 aliphatic rings. The van der Waals surface area contributed by atoms with E-state index >= 15 is 0 Å². The molecule has 0 unspecified atom stereocenters. The highest BCUT2D eigenvalue weighted by atomic mass is 35.5. The number of hydrogen-bond acceptors (Lipinski definition) is 2. The summed E-state index contributed by atoms with van der Waals surface area (Å²) in [5.74, 6) is 1.86. The molecule has 2 nitrogen and oxygen atoms in total. The van der Waals surface area contributed by atoms with Crippen molar-refractivity contribution in [1.29, 1.82) is 0 Å². The van der Waals surface area contributed by atoms with Gasteiger partial charge in [0.1, 0.15) is 12.2 Å². The molecular weight excluding hydrogens is 224 g/mol. The van der Waals surface area contributed by atoms with Gasteiger partial charge >= 0.3 is 0 Å². The van der Waals surface area contributed by atoms with Crippen molar-refractivity contribution in [3.63, 3.8) is 0 Å². The maximum atomic E-state index is 6.21. The lowest BCUT2D eigenvalue weighted by Crippen LogP contribution is -2.38. The Kier molecular flexibility index (Phi) is 2.79. The molecule has 16 heavy (non-hydrogen) atoms. The van der Waals surface area contributed by atoms with E-state index in [0.29, 0.717) is 23.3 Å². The molecule has 0 saturated carbocycles. The second kappa shape index (κ2) is 3.85. The summed E-state index contributed by atoms with van der Waals surface area (Å²) in [6.45, 7) is 8.79. The zero-order valence-electron chi connectivity index (χ0n) is 10.1. The SMILES string of the molecule is CC(C)c1cc(Cl)c2c(c1)OCC(C)(C)O2. The Morgan fingerprint density at radius 1 is 1.31 bits per heavy atom. The fraction of sp³-hybridized carbons (Fsp3) is 0.538. The van der Waals surface area contributed by atoms with Crippen molar-refractivity contribution in [2.45, 2.75) is 39.2 Å². The van der Waals surface area contributed by atoms with Crippen LogP contribution in [0.25, 0.3) is 0 Å². The van der Waals surface area contributed by atoms with E-state index in [2.05, 4.69) is 13.8 Å². The number of fused-ring (bicyclic) bond motifs is 1. The maximum absolute atomic E-state index is 6.21. The molecule has 0 radical (unpaired) electrons. The number of rotatable bonds is 1. The monoisotopic (exact) mass is 240 g/mol. The largest absolute Gasteiger partial charge is 0.485 e. The molecule has 0 aromatic heterocycles. The van der Waals surface area contributed by atoms with E-state index in [0.717, 1.165) is 5.75 Å². The Morgan fingerprint density at radius 2 is 2.00 bits per heavy atom. The Bertz CT molecular complexity index is 411. The van der Waals surface area contributed by atoms with Gasteiger partial charge in [0.15, 0.2) is 11.5 Å². The fourth-order valence-electron chi connectivity index (χ4n) is 1.69. The Hall–Kier alpha value is -0.890. The average Bonchev–Trinajstić information content (AvgIpc) is 2.18. The lowest BCUT2D eigenvalue weighted by molar-refractivity contribution is 0.0213. The van der Waals surface area contributed by atoms with Gasteiger partial charge in [-0.15, -0.1) is 0 Å². The van der Waals surface area contributed by atoms with Crippen molar-refractivity contribution in [2.24, 2.45) is 0 Å². The molecule has 0 bridgehead atoms. The topological polar surface area (TPSA) is 18.5 Å². The Morgan fingerprint density at radius 3 is 2.62 bits per heavy atom. The molecule has 1 aromatic rings. The Balaban J connectivity index is 2.44. The quantitative estimate of drug-likeness (QED) is 0.738. The number of hydrogen-bond donors (Lipinski definition) is 0. The predicted octanol–water partition coefficient (Wildman–Crippen LogP) is 4.01. The van der Waals surface area contributed by atoms with E-state index < -0.39 is 0 Å². The second-order valence-electron chi connectivity index (χ2n) is 5.14. The molecule has 1 aromatic carbocycles. The molecule has 0 atom stereocenters. The zero-order chi connectivity index (χ0) is 11.9. The van der Waals surface area contributed by atoms with Gasteiger partial charge in [0.05, 0.1) is 5.02 Å². The van der Waals surface area contributed by atoms with Crippen molar-refractivity contribution < 1.29 is 9.47 Å². The van der Waals surface area contributed by atoms with E-state index in [1.54, 1.807) is 0 Å². The van der Waals surface area contributed by atoms with Gasteiger partial charge in [0.2, 0.25) is 0 Å². The maximum Gasteiger partial charge on any atom is 0.180 e. The first-order valence-electron chi connectivity index (χ1n) is 5.54. The first-order chi connectivity index (χ1) is 7.39. The minimum atomic E-state index is -0.310. The van der Waals surface area contributed by atoms with E-state index in [-0.39, 0.29) is 5.60 Å². The van der Waals surface area contributed by atoms with Gasteiger partial charge in [0.25, 0.3) is 0 Å². The summed E-state index contributed by atoms with van der Waals surface area (Å²) < 4.78 is 11.5. The molecule has 0 aliphatic carbocycles. The predicted molar refractivity (Wildman–Crippen MR) is 65.7 cm³/mol. The minimum Gasteiger partial charge on any atom is -0.485 e. The van der Waals surface area contributed by atoms with Crippen molar-refractivity contribution >= 4 is 11.6 Å². The second-order valence-corrected chi connectivity index (χ2v) is 5.54.